The minimum Gasteiger partial charge on any atom is -0.405 e. The summed E-state index contributed by atoms with van der Waals surface area (Å²) in [6.07, 6.45) is 4.90. The molecule has 0 aliphatic carbocycles. The lowest BCUT2D eigenvalue weighted by atomic mass is 9.94. The fourth-order valence-corrected chi connectivity index (χ4v) is 15.0. The highest BCUT2D eigenvalue weighted by atomic mass is 32.2. The van der Waals surface area contributed by atoms with Crippen molar-refractivity contribution < 1.29 is 9.16 Å². The lowest BCUT2D eigenvalue weighted by molar-refractivity contribution is -0.000396. The van der Waals surface area contributed by atoms with E-state index in [1.165, 1.54) is 33.9 Å². The Hall–Kier alpha value is -1.50. The molecule has 1 aliphatic rings. The van der Waals surface area contributed by atoms with Crippen LogP contribution in [0.2, 0.25) is 5.04 Å². The predicted octanol–water partition coefficient (Wildman–Crippen LogP) is 8.93. The van der Waals surface area contributed by atoms with Crippen molar-refractivity contribution in [3.63, 3.8) is 0 Å². The number of rotatable bonds is 13. The molecule has 0 N–H and O–H groups in total. The molecule has 3 aromatic rings. The van der Waals surface area contributed by atoms with Crippen LogP contribution in [-0.4, -0.2) is 36.1 Å². The van der Waals surface area contributed by atoms with Crippen LogP contribution in [-0.2, 0) is 15.8 Å². The molecule has 3 atom stereocenters. The molecule has 41 heavy (non-hydrogen) atoms. The summed E-state index contributed by atoms with van der Waals surface area (Å²) < 4.78 is 14.2. The third kappa shape index (κ3) is 8.11. The highest BCUT2D eigenvalue weighted by Crippen LogP contribution is 2.51. The molecule has 0 amide bonds. The first-order valence-corrected chi connectivity index (χ1v) is 19.3. The average Bonchev–Trinajstić information content (AvgIpc) is 2.97. The van der Waals surface area contributed by atoms with Crippen molar-refractivity contribution in [3.8, 4) is 0 Å². The lowest BCUT2D eigenvalue weighted by Gasteiger charge is -2.47. The molecule has 5 heteroatoms. The molecule has 1 aliphatic heterocycles. The van der Waals surface area contributed by atoms with E-state index in [2.05, 4.69) is 156 Å². The van der Waals surface area contributed by atoms with E-state index >= 15 is 0 Å². The van der Waals surface area contributed by atoms with E-state index in [0.29, 0.717) is 12.5 Å². The molecule has 0 spiro atoms. The Morgan fingerprint density at radius 1 is 0.780 bits per heavy atom. The number of benzene rings is 3. The van der Waals surface area contributed by atoms with Gasteiger partial charge in [0.25, 0.3) is 8.32 Å². The van der Waals surface area contributed by atoms with Gasteiger partial charge in [0.05, 0.1) is 16.8 Å². The van der Waals surface area contributed by atoms with Gasteiger partial charge in [-0.15, -0.1) is 23.5 Å². The number of ether oxygens (including phenoxy) is 1. The SMILES string of the molecule is CC[C@@H](OCc1ccccc1)[C@@H](C)CC1(C[C@@H](C)O[Si](c2ccccc2)(c2ccccc2)C(C)(C)C)SCCCS1. The summed E-state index contributed by atoms with van der Waals surface area (Å²) in [7, 11) is -2.59. The van der Waals surface area contributed by atoms with Gasteiger partial charge in [-0.2, -0.15) is 0 Å². The van der Waals surface area contributed by atoms with Gasteiger partial charge in [0, 0.05) is 6.10 Å². The van der Waals surface area contributed by atoms with E-state index in [0.717, 1.165) is 19.3 Å². The fraction of sp³-hybridized carbons (Fsp3) is 0.500. The normalized spacial score (nSPS) is 18.0. The van der Waals surface area contributed by atoms with Crippen molar-refractivity contribution in [1.82, 2.24) is 0 Å². The molecule has 0 unspecified atom stereocenters. The van der Waals surface area contributed by atoms with Gasteiger partial charge in [-0.3, -0.25) is 0 Å². The maximum absolute atomic E-state index is 7.56. The van der Waals surface area contributed by atoms with E-state index in [9.17, 15) is 0 Å². The van der Waals surface area contributed by atoms with Crippen LogP contribution >= 0.6 is 23.5 Å². The first kappa shape index (κ1) is 32.4. The van der Waals surface area contributed by atoms with Crippen molar-refractivity contribution >= 4 is 42.2 Å². The molecule has 4 rings (SSSR count). The Labute approximate surface area is 259 Å². The molecule has 1 saturated heterocycles. The van der Waals surface area contributed by atoms with E-state index in [1.54, 1.807) is 0 Å². The minimum absolute atomic E-state index is 0.0180. The van der Waals surface area contributed by atoms with Gasteiger partial charge in [-0.1, -0.05) is 126 Å². The standard InChI is InChI=1S/C36H50O2S2Si/c1-7-34(37-28-31-18-11-8-12-19-31)29(2)26-36(39-24-17-25-40-36)27-30(3)38-41(35(4,5)6,32-20-13-9-14-21-32)33-22-15-10-16-23-33/h8-16,18-23,29-30,34H,7,17,24-28H2,1-6H3/t29-,30+,34+/m0/s1. The number of thioether (sulfide) groups is 2. The van der Waals surface area contributed by atoms with Gasteiger partial charge >= 0.3 is 0 Å². The van der Waals surface area contributed by atoms with Crippen LogP contribution in [0, 0.1) is 5.92 Å². The fourth-order valence-electron chi connectivity index (χ4n) is 6.49. The molecule has 0 saturated carbocycles. The minimum atomic E-state index is -2.59. The van der Waals surface area contributed by atoms with Crippen molar-refractivity contribution in [2.75, 3.05) is 11.5 Å². The lowest BCUT2D eigenvalue weighted by Crippen LogP contribution is -2.67. The smallest absolute Gasteiger partial charge is 0.261 e. The van der Waals surface area contributed by atoms with Crippen LogP contribution in [0.4, 0.5) is 0 Å². The number of hydrogen-bond donors (Lipinski definition) is 0. The highest BCUT2D eigenvalue weighted by Gasteiger charge is 2.52. The van der Waals surface area contributed by atoms with Gasteiger partial charge in [0.15, 0.2) is 0 Å². The Morgan fingerprint density at radius 2 is 1.29 bits per heavy atom. The Kier molecular flexibility index (Phi) is 11.7. The van der Waals surface area contributed by atoms with Crippen LogP contribution in [0.3, 0.4) is 0 Å². The molecular weight excluding hydrogens is 557 g/mol. The second-order valence-electron chi connectivity index (χ2n) is 12.7. The Morgan fingerprint density at radius 3 is 1.78 bits per heavy atom. The second kappa shape index (κ2) is 14.8. The van der Waals surface area contributed by atoms with Crippen LogP contribution in [0.25, 0.3) is 0 Å². The Balaban J connectivity index is 1.57. The van der Waals surface area contributed by atoms with Crippen LogP contribution in [0.5, 0.6) is 0 Å². The van der Waals surface area contributed by atoms with Gasteiger partial charge < -0.3 is 9.16 Å². The molecule has 0 bridgehead atoms. The van der Waals surface area contributed by atoms with Gasteiger partial charge in [0.2, 0.25) is 0 Å². The zero-order valence-electron chi connectivity index (χ0n) is 26.0. The second-order valence-corrected chi connectivity index (χ2v) is 20.1. The van der Waals surface area contributed by atoms with Gasteiger partial charge in [-0.25, -0.2) is 0 Å². The molecule has 0 aromatic heterocycles. The first-order valence-electron chi connectivity index (χ1n) is 15.4. The van der Waals surface area contributed by atoms with Crippen molar-refractivity contribution in [1.29, 1.82) is 0 Å². The third-order valence-electron chi connectivity index (χ3n) is 8.39. The van der Waals surface area contributed by atoms with Gasteiger partial charge in [0.1, 0.15) is 0 Å². The molecule has 222 valence electrons. The maximum Gasteiger partial charge on any atom is 0.261 e. The topological polar surface area (TPSA) is 18.5 Å². The molecule has 1 heterocycles. The summed E-state index contributed by atoms with van der Waals surface area (Å²) in [5, 5.41) is 2.70. The molecular formula is C36H50O2S2Si. The van der Waals surface area contributed by atoms with Crippen molar-refractivity contribution in [2.45, 2.75) is 95.2 Å². The summed E-state index contributed by atoms with van der Waals surface area (Å²) in [5.74, 6) is 2.93. The van der Waals surface area contributed by atoms with E-state index in [-0.39, 0.29) is 21.3 Å². The zero-order chi connectivity index (χ0) is 29.3. The van der Waals surface area contributed by atoms with E-state index in [4.69, 9.17) is 9.16 Å². The summed E-state index contributed by atoms with van der Waals surface area (Å²) in [6.45, 7) is 14.8. The average molecular weight is 607 g/mol. The Bertz CT molecular complexity index is 1120. The first-order chi connectivity index (χ1) is 19.7. The predicted molar refractivity (Wildman–Crippen MR) is 184 cm³/mol. The summed E-state index contributed by atoms with van der Waals surface area (Å²) in [4.78, 5) is 0. The van der Waals surface area contributed by atoms with Gasteiger partial charge in [-0.05, 0) is 71.0 Å². The van der Waals surface area contributed by atoms with Crippen LogP contribution in [0.1, 0.15) is 72.8 Å². The van der Waals surface area contributed by atoms with Crippen molar-refractivity contribution in [2.24, 2.45) is 5.92 Å². The summed E-state index contributed by atoms with van der Waals surface area (Å²) >= 11 is 4.36. The molecule has 0 radical (unpaired) electrons. The van der Waals surface area contributed by atoms with Crippen molar-refractivity contribution in [3.05, 3.63) is 96.6 Å². The summed E-state index contributed by atoms with van der Waals surface area (Å²) in [5.41, 5.74) is 1.25. The van der Waals surface area contributed by atoms with E-state index in [1.807, 2.05) is 0 Å². The third-order valence-corrected chi connectivity index (χ3v) is 17.0. The monoisotopic (exact) mass is 606 g/mol. The molecule has 3 aromatic carbocycles. The van der Waals surface area contributed by atoms with Crippen LogP contribution in [0.15, 0.2) is 91.0 Å². The zero-order valence-corrected chi connectivity index (χ0v) is 28.6. The van der Waals surface area contributed by atoms with Crippen LogP contribution < -0.4 is 10.4 Å². The highest BCUT2D eigenvalue weighted by molar-refractivity contribution is 8.18. The molecule has 2 nitrogen and oxygen atoms in total. The largest absolute Gasteiger partial charge is 0.405 e. The number of hydrogen-bond acceptors (Lipinski definition) is 4. The van der Waals surface area contributed by atoms with E-state index < -0.39 is 8.32 Å². The summed E-state index contributed by atoms with van der Waals surface area (Å²) in [6, 6.07) is 32.7. The quantitative estimate of drug-likeness (QED) is 0.181. The maximum atomic E-state index is 7.56. The molecule has 1 fully saturated rings.